The number of oxazole rings is 1. The van der Waals surface area contributed by atoms with Gasteiger partial charge in [0.1, 0.15) is 6.26 Å². The molecule has 0 radical (unpaired) electrons. The van der Waals surface area contributed by atoms with E-state index < -0.39 is 5.97 Å². The minimum Gasteiger partial charge on any atom is -0.476 e. The summed E-state index contributed by atoms with van der Waals surface area (Å²) in [5, 5.41) is 8.64. The molecule has 1 fully saturated rings. The van der Waals surface area contributed by atoms with Crippen LogP contribution in [0.4, 0.5) is 0 Å². The van der Waals surface area contributed by atoms with Gasteiger partial charge in [0.15, 0.2) is 5.69 Å². The normalized spacial score (nSPS) is 22.1. The predicted octanol–water partition coefficient (Wildman–Crippen LogP) is -0.0942. The Kier molecular flexibility index (Phi) is 2.70. The summed E-state index contributed by atoms with van der Waals surface area (Å²) < 4.78 is 5.05. The lowest BCUT2D eigenvalue weighted by molar-refractivity contribution is 0.0690. The number of aromatic nitrogens is 1. The third kappa shape index (κ3) is 2.34. The molecule has 3 N–H and O–H groups in total. The van der Waals surface area contributed by atoms with E-state index in [2.05, 4.69) is 9.88 Å². The van der Waals surface area contributed by atoms with Gasteiger partial charge >= 0.3 is 5.97 Å². The molecule has 2 rings (SSSR count). The maximum Gasteiger partial charge on any atom is 0.357 e. The van der Waals surface area contributed by atoms with Crippen molar-refractivity contribution in [1.29, 1.82) is 0 Å². The van der Waals surface area contributed by atoms with Gasteiger partial charge in [-0.25, -0.2) is 9.78 Å². The summed E-state index contributed by atoms with van der Waals surface area (Å²) in [6, 6.07) is 0.207. The molecule has 1 saturated heterocycles. The van der Waals surface area contributed by atoms with Crippen molar-refractivity contribution in [2.24, 2.45) is 5.73 Å². The number of carboxylic acid groups (broad SMARTS) is 1. The second kappa shape index (κ2) is 4.00. The molecular weight excluding hydrogens is 198 g/mol. The van der Waals surface area contributed by atoms with E-state index in [0.29, 0.717) is 12.4 Å². The quantitative estimate of drug-likeness (QED) is 0.725. The van der Waals surface area contributed by atoms with E-state index in [4.69, 9.17) is 15.3 Å². The Labute approximate surface area is 86.7 Å². The van der Waals surface area contributed by atoms with Crippen molar-refractivity contribution >= 4 is 5.97 Å². The van der Waals surface area contributed by atoms with Crippen LogP contribution in [0, 0.1) is 0 Å². The van der Waals surface area contributed by atoms with Gasteiger partial charge in [-0.1, -0.05) is 0 Å². The highest BCUT2D eigenvalue weighted by Gasteiger charge is 2.21. The summed E-state index contributed by atoms with van der Waals surface area (Å²) in [4.78, 5) is 16.5. The Morgan fingerprint density at radius 1 is 1.80 bits per heavy atom. The van der Waals surface area contributed by atoms with Gasteiger partial charge in [-0.05, 0) is 6.42 Å². The van der Waals surface area contributed by atoms with Crippen LogP contribution in [-0.2, 0) is 6.54 Å². The molecule has 82 valence electrons. The first-order valence-electron chi connectivity index (χ1n) is 4.81. The highest BCUT2D eigenvalue weighted by atomic mass is 16.4. The van der Waals surface area contributed by atoms with E-state index >= 15 is 0 Å². The van der Waals surface area contributed by atoms with Gasteiger partial charge in [-0.3, -0.25) is 4.90 Å². The average Bonchev–Trinajstić information content (AvgIpc) is 2.76. The van der Waals surface area contributed by atoms with Crippen LogP contribution >= 0.6 is 0 Å². The zero-order valence-corrected chi connectivity index (χ0v) is 8.22. The van der Waals surface area contributed by atoms with Crippen molar-refractivity contribution in [2.45, 2.75) is 19.0 Å². The third-order valence-electron chi connectivity index (χ3n) is 2.44. The van der Waals surface area contributed by atoms with Crippen molar-refractivity contribution in [2.75, 3.05) is 13.1 Å². The number of carboxylic acids is 1. The fourth-order valence-electron chi connectivity index (χ4n) is 1.68. The van der Waals surface area contributed by atoms with Gasteiger partial charge < -0.3 is 15.3 Å². The number of rotatable bonds is 3. The Hall–Kier alpha value is -1.40. The van der Waals surface area contributed by atoms with Gasteiger partial charge in [-0.2, -0.15) is 0 Å². The lowest BCUT2D eigenvalue weighted by Gasteiger charge is -2.11. The van der Waals surface area contributed by atoms with E-state index in [1.165, 1.54) is 0 Å². The molecule has 0 amide bonds. The fourth-order valence-corrected chi connectivity index (χ4v) is 1.68. The zero-order valence-electron chi connectivity index (χ0n) is 8.22. The Balaban J connectivity index is 1.96. The van der Waals surface area contributed by atoms with Crippen LogP contribution in [0.5, 0.6) is 0 Å². The van der Waals surface area contributed by atoms with Crippen molar-refractivity contribution in [3.8, 4) is 0 Å². The molecule has 1 unspecified atom stereocenters. The highest BCUT2D eigenvalue weighted by Crippen LogP contribution is 2.12. The summed E-state index contributed by atoms with van der Waals surface area (Å²) in [6.07, 6.45) is 2.13. The summed E-state index contributed by atoms with van der Waals surface area (Å²) in [5.74, 6) is -0.635. The molecule has 0 saturated carbocycles. The fraction of sp³-hybridized carbons (Fsp3) is 0.556. The molecular formula is C9H13N3O3. The van der Waals surface area contributed by atoms with Crippen molar-refractivity contribution < 1.29 is 14.3 Å². The van der Waals surface area contributed by atoms with E-state index in [-0.39, 0.29) is 11.7 Å². The molecule has 6 nitrogen and oxygen atoms in total. The van der Waals surface area contributed by atoms with Crippen LogP contribution in [-0.4, -0.2) is 40.1 Å². The topological polar surface area (TPSA) is 92.6 Å². The number of likely N-dealkylation sites (tertiary alicyclic amines) is 1. The number of nitrogens with two attached hydrogens (primary N) is 1. The minimum absolute atomic E-state index is 0.0477. The van der Waals surface area contributed by atoms with Crippen LogP contribution in [0.25, 0.3) is 0 Å². The Bertz CT molecular complexity index is 363. The largest absolute Gasteiger partial charge is 0.476 e. The number of hydrogen-bond donors (Lipinski definition) is 2. The molecule has 6 heteroatoms. The average molecular weight is 211 g/mol. The third-order valence-corrected chi connectivity index (χ3v) is 2.44. The van der Waals surface area contributed by atoms with E-state index in [1.54, 1.807) is 0 Å². The molecule has 2 heterocycles. The van der Waals surface area contributed by atoms with E-state index in [0.717, 1.165) is 25.8 Å². The molecule has 1 aliphatic heterocycles. The van der Waals surface area contributed by atoms with Crippen LogP contribution in [0.1, 0.15) is 22.8 Å². The molecule has 0 aliphatic carbocycles. The van der Waals surface area contributed by atoms with Gasteiger partial charge in [0.25, 0.3) is 0 Å². The van der Waals surface area contributed by atoms with Crippen LogP contribution in [0.15, 0.2) is 10.7 Å². The second-order valence-corrected chi connectivity index (χ2v) is 3.72. The van der Waals surface area contributed by atoms with Crippen LogP contribution in [0.3, 0.4) is 0 Å². The molecule has 0 bridgehead atoms. The first kappa shape index (κ1) is 10.1. The SMILES string of the molecule is NC1CCN(Cc2nc(C(=O)O)co2)C1. The van der Waals surface area contributed by atoms with Crippen molar-refractivity contribution in [1.82, 2.24) is 9.88 Å². The maximum absolute atomic E-state index is 10.5. The second-order valence-electron chi connectivity index (χ2n) is 3.72. The lowest BCUT2D eigenvalue weighted by Crippen LogP contribution is -2.26. The standard InChI is InChI=1S/C9H13N3O3/c10-6-1-2-12(3-6)4-8-11-7(5-15-8)9(13)14/h5-6H,1-4,10H2,(H,13,14). The number of aromatic carboxylic acids is 1. The minimum atomic E-state index is -1.07. The van der Waals surface area contributed by atoms with Gasteiger partial charge in [0, 0.05) is 19.1 Å². The van der Waals surface area contributed by atoms with Crippen molar-refractivity contribution in [3.63, 3.8) is 0 Å². The maximum atomic E-state index is 10.5. The zero-order chi connectivity index (χ0) is 10.8. The van der Waals surface area contributed by atoms with Gasteiger partial charge in [0.05, 0.1) is 6.54 Å². The first-order valence-corrected chi connectivity index (χ1v) is 4.81. The molecule has 15 heavy (non-hydrogen) atoms. The van der Waals surface area contributed by atoms with Gasteiger partial charge in [-0.15, -0.1) is 0 Å². The molecule has 0 spiro atoms. The molecule has 0 aromatic carbocycles. The van der Waals surface area contributed by atoms with Crippen LogP contribution < -0.4 is 5.73 Å². The smallest absolute Gasteiger partial charge is 0.357 e. The summed E-state index contributed by atoms with van der Waals surface area (Å²) in [7, 11) is 0. The number of carbonyl (C=O) groups is 1. The van der Waals surface area contributed by atoms with Crippen molar-refractivity contribution in [3.05, 3.63) is 17.8 Å². The first-order chi connectivity index (χ1) is 7.15. The monoisotopic (exact) mass is 211 g/mol. The predicted molar refractivity (Wildman–Crippen MR) is 51.3 cm³/mol. The highest BCUT2D eigenvalue weighted by molar-refractivity contribution is 5.84. The molecule has 1 aromatic heterocycles. The summed E-state index contributed by atoms with van der Waals surface area (Å²) in [5.41, 5.74) is 5.70. The summed E-state index contributed by atoms with van der Waals surface area (Å²) in [6.45, 7) is 2.25. The lowest BCUT2D eigenvalue weighted by atomic mass is 10.3. The number of nitrogens with zero attached hydrogens (tertiary/aromatic N) is 2. The van der Waals surface area contributed by atoms with E-state index in [1.807, 2.05) is 0 Å². The molecule has 1 atom stereocenters. The number of hydrogen-bond acceptors (Lipinski definition) is 5. The van der Waals surface area contributed by atoms with Crippen LogP contribution in [0.2, 0.25) is 0 Å². The molecule has 1 aliphatic rings. The summed E-state index contributed by atoms with van der Waals surface area (Å²) >= 11 is 0. The Morgan fingerprint density at radius 3 is 3.13 bits per heavy atom. The molecule has 1 aromatic rings. The van der Waals surface area contributed by atoms with E-state index in [9.17, 15) is 4.79 Å². The van der Waals surface area contributed by atoms with Gasteiger partial charge in [0.2, 0.25) is 5.89 Å². The Morgan fingerprint density at radius 2 is 2.60 bits per heavy atom.